The fourth-order valence-corrected chi connectivity index (χ4v) is 4.93. The number of nitrogens with two attached hydrogens (primary N) is 2. The van der Waals surface area contributed by atoms with E-state index in [1.165, 1.54) is 32.6 Å². The van der Waals surface area contributed by atoms with Crippen molar-refractivity contribution in [3.05, 3.63) is 0 Å². The summed E-state index contributed by atoms with van der Waals surface area (Å²) in [7, 11) is 0. The summed E-state index contributed by atoms with van der Waals surface area (Å²) in [4.78, 5) is 98.1. The van der Waals surface area contributed by atoms with Crippen LogP contribution in [0.2, 0.25) is 1.41 Å². The number of nitrogens with one attached hydrogen (secondary N) is 4. The van der Waals surface area contributed by atoms with Crippen molar-refractivity contribution in [2.45, 2.75) is 160 Å². The molecular formula is C34H60N6O11. The van der Waals surface area contributed by atoms with E-state index in [2.05, 4.69) is 22.9 Å². The molecule has 0 aliphatic carbocycles. The van der Waals surface area contributed by atoms with Crippen LogP contribution >= 0.6 is 0 Å². The lowest BCUT2D eigenvalue weighted by atomic mass is 9.85. The van der Waals surface area contributed by atoms with Crippen LogP contribution in [0.15, 0.2) is 0 Å². The molecule has 0 bridgehead atoms. The zero-order valence-electron chi connectivity index (χ0n) is 31.7. The van der Waals surface area contributed by atoms with Gasteiger partial charge in [-0.1, -0.05) is 58.3 Å². The van der Waals surface area contributed by atoms with Gasteiger partial charge in [0.25, 0.3) is 0 Å². The van der Waals surface area contributed by atoms with Crippen molar-refractivity contribution in [2.75, 3.05) is 6.54 Å². The first-order valence-electron chi connectivity index (χ1n) is 18.1. The summed E-state index contributed by atoms with van der Waals surface area (Å²) in [6.45, 7) is 7.43. The number of primary amides is 1. The molecule has 10 N–H and O–H groups in total. The number of carboxylic acids is 2. The smallest absolute Gasteiger partial charge is 0.408 e. The molecule has 0 saturated heterocycles. The largest absolute Gasteiger partial charge is 0.480 e. The van der Waals surface area contributed by atoms with E-state index >= 15 is 0 Å². The predicted octanol–water partition coefficient (Wildman–Crippen LogP) is 1.78. The van der Waals surface area contributed by atoms with Gasteiger partial charge in [-0.3, -0.25) is 24.0 Å². The van der Waals surface area contributed by atoms with Crippen molar-refractivity contribution < 1.29 is 54.7 Å². The van der Waals surface area contributed by atoms with Gasteiger partial charge in [0, 0.05) is 12.8 Å². The molecule has 0 spiro atoms. The molecule has 4 atom stereocenters. The number of carbonyl (C=O) groups is 8. The third-order valence-corrected chi connectivity index (χ3v) is 7.92. The van der Waals surface area contributed by atoms with E-state index in [0.29, 0.717) is 6.42 Å². The topological polar surface area (TPSA) is 286 Å². The Balaban J connectivity index is 5.00. The average molecular weight is 730 g/mol. The fraction of sp³-hybridized carbons (Fsp3) is 0.765. The number of alkyl carbamates (subject to hydrolysis) is 1. The highest BCUT2D eigenvalue weighted by Gasteiger charge is 2.42. The monoisotopic (exact) mass is 729 g/mol. The summed E-state index contributed by atoms with van der Waals surface area (Å²) >= 11 is 0. The lowest BCUT2D eigenvalue weighted by Crippen LogP contribution is -2.56. The molecule has 51 heavy (non-hydrogen) atoms. The maximum atomic E-state index is 13.0. The Hall–Kier alpha value is -4.28. The first-order chi connectivity index (χ1) is 24.1. The van der Waals surface area contributed by atoms with E-state index < -0.39 is 96.6 Å². The van der Waals surface area contributed by atoms with Gasteiger partial charge < -0.3 is 47.7 Å². The molecule has 0 aromatic carbocycles. The van der Waals surface area contributed by atoms with E-state index in [4.69, 9.17) is 17.6 Å². The van der Waals surface area contributed by atoms with Gasteiger partial charge in [0.15, 0.2) is 12.7 Å². The molecule has 0 radical (unpaired) electrons. The quantitative estimate of drug-likeness (QED) is 0.0444. The number of carbonyl (C=O) groups excluding carboxylic acids is 6. The number of hydrogen-bond acceptors (Lipinski definition) is 10. The third-order valence-electron chi connectivity index (χ3n) is 7.92. The fourth-order valence-electron chi connectivity index (χ4n) is 4.93. The van der Waals surface area contributed by atoms with Gasteiger partial charge in [-0.05, 0) is 59.8 Å². The number of Topliss-reactive ketones (excluding diaryl/α,β-unsaturated/α-hetero) is 1. The number of hydrogen-bond donors (Lipinski definition) is 8. The summed E-state index contributed by atoms with van der Waals surface area (Å²) < 4.78 is 12.7. The van der Waals surface area contributed by atoms with Crippen molar-refractivity contribution in [2.24, 2.45) is 11.5 Å². The lowest BCUT2D eigenvalue weighted by Gasteiger charge is -2.25. The minimum Gasteiger partial charge on any atom is -0.480 e. The van der Waals surface area contributed by atoms with Crippen LogP contribution in [0.25, 0.3) is 0 Å². The van der Waals surface area contributed by atoms with E-state index in [-0.39, 0.29) is 30.5 Å². The van der Waals surface area contributed by atoms with Crippen molar-refractivity contribution >= 4 is 47.4 Å². The number of carboxylic acid groups (broad SMARTS) is 2. The molecule has 0 saturated carbocycles. The number of unbranched alkanes of at least 4 members (excludes halogenated alkanes) is 8. The predicted molar refractivity (Wildman–Crippen MR) is 187 cm³/mol. The first-order valence-corrected chi connectivity index (χ1v) is 17.6. The van der Waals surface area contributed by atoms with Gasteiger partial charge in [-0.15, -0.1) is 0 Å². The summed E-state index contributed by atoms with van der Waals surface area (Å²) in [5, 5.41) is 26.7. The van der Waals surface area contributed by atoms with Crippen molar-refractivity contribution in [1.29, 1.82) is 0 Å². The summed E-state index contributed by atoms with van der Waals surface area (Å²) in [5.41, 5.74) is 7.85. The Labute approximate surface area is 301 Å². The molecule has 0 aromatic heterocycles. The van der Waals surface area contributed by atoms with Crippen molar-refractivity contribution in [1.82, 2.24) is 21.3 Å². The van der Waals surface area contributed by atoms with Crippen molar-refractivity contribution in [3.63, 3.8) is 0 Å². The maximum Gasteiger partial charge on any atom is 0.408 e. The Morgan fingerprint density at radius 2 is 1.33 bits per heavy atom. The minimum absolute atomic E-state index is 0.211. The summed E-state index contributed by atoms with van der Waals surface area (Å²) in [6, 6.07) is -4.04. The minimum atomic E-state index is -2.51. The van der Waals surface area contributed by atoms with Gasteiger partial charge in [0.05, 0.1) is 0 Å². The number of amides is 5. The van der Waals surface area contributed by atoms with E-state index in [9.17, 15) is 48.6 Å². The molecule has 0 fully saturated rings. The molecule has 2 unspecified atom stereocenters. The molecule has 0 aliphatic rings. The Morgan fingerprint density at radius 3 is 1.84 bits per heavy atom. The molecule has 17 heteroatoms. The second-order valence-corrected chi connectivity index (χ2v) is 13.7. The third kappa shape index (κ3) is 20.9. The summed E-state index contributed by atoms with van der Waals surface area (Å²) in [6.07, 6.45) is 6.59. The van der Waals surface area contributed by atoms with E-state index in [1.54, 1.807) is 20.8 Å². The number of ether oxygens (including phenoxy) is 1. The molecule has 5 amide bonds. The SMILES string of the molecule is [2H]N(CC(=O)NC(CCCC(N)(C(=O)O)C(=O)CC[C@@H](NC(=O)[C@H](C)NC(=O)CCCCCCCCCCC)C(=O)O)C(N)=O)C(=O)OC(C)(C)C. The standard InChI is InChI=1S/C34H60N6O11/c1-6-7-8-9-10-11-12-13-14-17-26(42)38-22(2)29(45)40-24(30(46)47)18-19-25(41)34(36,31(48)49)20-15-16-23(28(35)44)39-27(43)21-37-32(50)51-33(3,4)5/h22-24H,6-21,36H2,1-5H3,(H2,35,44)(H,37,50)(H,38,42)(H,39,43)(H,40,45)(H,46,47)(H,48,49)/t22-,23?,24+,34?/m0/s1/i/hD. The highest BCUT2D eigenvalue weighted by molar-refractivity contribution is 6.07. The zero-order valence-corrected chi connectivity index (χ0v) is 30.7. The lowest BCUT2D eigenvalue weighted by molar-refractivity contribution is -0.149. The van der Waals surface area contributed by atoms with Gasteiger partial charge in [0.2, 0.25) is 23.6 Å². The average Bonchev–Trinajstić information content (AvgIpc) is 3.03. The van der Waals surface area contributed by atoms with Gasteiger partial charge in [-0.2, -0.15) is 0 Å². The van der Waals surface area contributed by atoms with Crippen molar-refractivity contribution in [3.8, 4) is 0 Å². The maximum absolute atomic E-state index is 13.0. The van der Waals surface area contributed by atoms with Crippen LogP contribution in [0.5, 0.6) is 0 Å². The van der Waals surface area contributed by atoms with E-state index in [0.717, 1.165) is 25.7 Å². The van der Waals surface area contributed by atoms with E-state index in [1.807, 2.05) is 0 Å². The van der Waals surface area contributed by atoms with Gasteiger partial charge in [0.1, 0.15) is 30.3 Å². The summed E-state index contributed by atoms with van der Waals surface area (Å²) in [5.74, 6) is -7.39. The molecule has 0 heterocycles. The molecule has 0 rings (SSSR count). The zero-order chi connectivity index (χ0) is 40.1. The Morgan fingerprint density at radius 1 is 0.765 bits per heavy atom. The van der Waals surface area contributed by atoms with Crippen LogP contribution in [0.1, 0.15) is 131 Å². The Kier molecular flexibility index (Phi) is 21.1. The molecular weight excluding hydrogens is 668 g/mol. The van der Waals surface area contributed by atoms with Crippen LogP contribution < -0.4 is 32.7 Å². The first kappa shape index (κ1) is 44.7. The number of aliphatic carboxylic acids is 2. The number of rotatable bonds is 27. The van der Waals surface area contributed by atoms with Gasteiger partial charge >= 0.3 is 18.0 Å². The van der Waals surface area contributed by atoms with Crippen LogP contribution in [0.4, 0.5) is 4.79 Å². The Bertz CT molecular complexity index is 1230. The second-order valence-electron chi connectivity index (χ2n) is 13.7. The highest BCUT2D eigenvalue weighted by Crippen LogP contribution is 2.18. The molecule has 292 valence electrons. The molecule has 17 nitrogen and oxygen atoms in total. The van der Waals surface area contributed by atoms with Crippen LogP contribution in [0, 0.1) is 0 Å². The van der Waals surface area contributed by atoms with Crippen LogP contribution in [-0.2, 0) is 38.3 Å². The van der Waals surface area contributed by atoms with Gasteiger partial charge in [-0.25, -0.2) is 14.4 Å². The number of ketones is 1. The molecule has 0 aliphatic heterocycles. The normalized spacial score (nSPS) is 14.4. The second kappa shape index (κ2) is 24.0. The van der Waals surface area contributed by atoms with Crippen LogP contribution in [-0.4, -0.2) is 93.5 Å². The van der Waals surface area contributed by atoms with Crippen LogP contribution in [0.3, 0.4) is 0 Å². The molecule has 0 aromatic rings. The highest BCUT2D eigenvalue weighted by atomic mass is 16.6.